The maximum atomic E-state index is 12.4. The van der Waals surface area contributed by atoms with Gasteiger partial charge in [0.15, 0.2) is 0 Å². The number of esters is 1. The van der Waals surface area contributed by atoms with Crippen LogP contribution in [-0.4, -0.2) is 47.4 Å². The Kier molecular flexibility index (Phi) is 62.0. The molecule has 0 saturated heterocycles. The maximum Gasteiger partial charge on any atom is 0.305 e. The Morgan fingerprint density at radius 3 is 1.07 bits per heavy atom. The Morgan fingerprint density at radius 2 is 0.689 bits per heavy atom. The molecule has 0 bridgehead atoms. The van der Waals surface area contributed by atoms with E-state index in [2.05, 4.69) is 43.5 Å². The highest BCUT2D eigenvalue weighted by atomic mass is 16.5. The fraction of sp³-hybridized carbons (Fsp3) is 0.882. The first-order valence-electron chi connectivity index (χ1n) is 33.3. The van der Waals surface area contributed by atoms with Crippen LogP contribution < -0.4 is 5.32 Å². The summed E-state index contributed by atoms with van der Waals surface area (Å²) < 4.78 is 5.48. The van der Waals surface area contributed by atoms with Gasteiger partial charge in [0, 0.05) is 12.8 Å². The van der Waals surface area contributed by atoms with Gasteiger partial charge in [0.05, 0.1) is 25.4 Å². The molecule has 0 aromatic rings. The van der Waals surface area contributed by atoms with Gasteiger partial charge in [-0.05, 0) is 57.8 Å². The fourth-order valence-electron chi connectivity index (χ4n) is 10.3. The summed E-state index contributed by atoms with van der Waals surface area (Å²) >= 11 is 0. The molecule has 0 heterocycles. The molecule has 74 heavy (non-hydrogen) atoms. The second kappa shape index (κ2) is 63.6. The predicted octanol–water partition coefficient (Wildman–Crippen LogP) is 21.1. The van der Waals surface area contributed by atoms with E-state index in [9.17, 15) is 19.8 Å². The highest BCUT2D eigenvalue weighted by Gasteiger charge is 2.18. The van der Waals surface area contributed by atoms with Gasteiger partial charge in [-0.15, -0.1) is 0 Å². The first-order chi connectivity index (χ1) is 36.5. The molecule has 6 heteroatoms. The van der Waals surface area contributed by atoms with Crippen molar-refractivity contribution in [2.75, 3.05) is 13.2 Å². The molecule has 0 aliphatic carbocycles. The van der Waals surface area contributed by atoms with Crippen molar-refractivity contribution >= 4 is 11.9 Å². The number of carbonyl (C=O) groups is 2. The van der Waals surface area contributed by atoms with E-state index in [0.717, 1.165) is 51.4 Å². The van der Waals surface area contributed by atoms with Gasteiger partial charge in [-0.3, -0.25) is 9.59 Å². The first-order valence-corrected chi connectivity index (χ1v) is 33.3. The van der Waals surface area contributed by atoms with Gasteiger partial charge in [-0.25, -0.2) is 0 Å². The zero-order chi connectivity index (χ0) is 53.6. The monoisotopic (exact) mass is 1040 g/mol. The van der Waals surface area contributed by atoms with E-state index in [1.807, 2.05) is 6.08 Å². The molecule has 0 rings (SSSR count). The third-order valence-corrected chi connectivity index (χ3v) is 15.4. The van der Waals surface area contributed by atoms with Gasteiger partial charge < -0.3 is 20.3 Å². The Labute approximate surface area is 462 Å². The zero-order valence-electron chi connectivity index (χ0n) is 49.8. The van der Waals surface area contributed by atoms with Crippen LogP contribution in [0, 0.1) is 0 Å². The highest BCUT2D eigenvalue weighted by molar-refractivity contribution is 5.76. The second-order valence-corrected chi connectivity index (χ2v) is 22.8. The maximum absolute atomic E-state index is 12.4. The third kappa shape index (κ3) is 59.3. The SMILES string of the molecule is CCCC/C=C\C/C=C\CCCCCCCC(=O)OCCCCCCCCCCCCCCCCCCCCCCCCCCCCCCCCCCCC(=O)NC(CO)C(O)/C=C/CCCCCCCCCC. The number of allylic oxidation sites excluding steroid dienone is 5. The molecule has 436 valence electrons. The Morgan fingerprint density at radius 1 is 0.378 bits per heavy atom. The number of aliphatic hydroxyl groups is 2. The minimum absolute atomic E-state index is 0.00672. The van der Waals surface area contributed by atoms with Gasteiger partial charge in [0.1, 0.15) is 0 Å². The average Bonchev–Trinajstić information content (AvgIpc) is 3.40. The van der Waals surface area contributed by atoms with Crippen molar-refractivity contribution < 1.29 is 24.5 Å². The van der Waals surface area contributed by atoms with Gasteiger partial charge >= 0.3 is 5.97 Å². The molecule has 1 amide bonds. The van der Waals surface area contributed by atoms with Crippen LogP contribution in [-0.2, 0) is 14.3 Å². The largest absolute Gasteiger partial charge is 0.466 e. The number of amides is 1. The Hall–Kier alpha value is -1.92. The third-order valence-electron chi connectivity index (χ3n) is 15.4. The van der Waals surface area contributed by atoms with Crippen molar-refractivity contribution in [1.82, 2.24) is 5.32 Å². The summed E-state index contributed by atoms with van der Waals surface area (Å²) in [5, 5.41) is 23.0. The summed E-state index contributed by atoms with van der Waals surface area (Å²) in [6.45, 7) is 4.86. The lowest BCUT2D eigenvalue weighted by Gasteiger charge is -2.20. The number of hydrogen-bond donors (Lipinski definition) is 3. The number of aliphatic hydroxyl groups excluding tert-OH is 2. The number of nitrogens with one attached hydrogen (secondary N) is 1. The second-order valence-electron chi connectivity index (χ2n) is 22.8. The molecular weight excluding hydrogens is 911 g/mol. The Bertz CT molecular complexity index is 1200. The van der Waals surface area contributed by atoms with Crippen LogP contribution in [0.5, 0.6) is 0 Å². The van der Waals surface area contributed by atoms with E-state index in [1.165, 1.54) is 283 Å². The summed E-state index contributed by atoms with van der Waals surface area (Å²) in [7, 11) is 0. The Balaban J connectivity index is 3.30. The van der Waals surface area contributed by atoms with Gasteiger partial charge in [-0.2, -0.15) is 0 Å². The number of unbranched alkanes of at least 4 members (excludes halogenated alkanes) is 47. The van der Waals surface area contributed by atoms with Crippen LogP contribution in [0.25, 0.3) is 0 Å². The summed E-state index contributed by atoms with van der Waals surface area (Å²) in [4.78, 5) is 24.5. The van der Waals surface area contributed by atoms with Crippen molar-refractivity contribution in [3.8, 4) is 0 Å². The van der Waals surface area contributed by atoms with Crippen LogP contribution in [0.3, 0.4) is 0 Å². The molecular formula is C68H129NO5. The molecule has 2 atom stereocenters. The number of hydrogen-bond acceptors (Lipinski definition) is 5. The molecule has 0 aliphatic heterocycles. The summed E-state index contributed by atoms with van der Waals surface area (Å²) in [6, 6.07) is -0.622. The number of carbonyl (C=O) groups excluding carboxylic acids is 2. The van der Waals surface area contributed by atoms with Gasteiger partial charge in [0.25, 0.3) is 0 Å². The van der Waals surface area contributed by atoms with E-state index < -0.39 is 12.1 Å². The summed E-state index contributed by atoms with van der Waals surface area (Å²) in [5.41, 5.74) is 0. The molecule has 0 spiro atoms. The molecule has 0 aromatic carbocycles. The lowest BCUT2D eigenvalue weighted by Crippen LogP contribution is -2.45. The van der Waals surface area contributed by atoms with Crippen LogP contribution in [0.1, 0.15) is 361 Å². The lowest BCUT2D eigenvalue weighted by molar-refractivity contribution is -0.143. The molecule has 0 radical (unpaired) electrons. The first kappa shape index (κ1) is 72.1. The van der Waals surface area contributed by atoms with Crippen molar-refractivity contribution in [3.05, 3.63) is 36.5 Å². The van der Waals surface area contributed by atoms with E-state index in [4.69, 9.17) is 4.74 Å². The highest BCUT2D eigenvalue weighted by Crippen LogP contribution is 2.18. The number of rotatable bonds is 62. The predicted molar refractivity (Wildman–Crippen MR) is 324 cm³/mol. The molecule has 2 unspecified atom stereocenters. The summed E-state index contributed by atoms with van der Waals surface area (Å²) in [6.07, 6.45) is 80.9. The van der Waals surface area contributed by atoms with Crippen molar-refractivity contribution in [3.63, 3.8) is 0 Å². The molecule has 0 aromatic heterocycles. The normalized spacial score (nSPS) is 12.8. The standard InChI is InChI=1S/C68H129NO5/c1-3-5-7-9-11-13-15-16-39-42-46-50-54-58-62-68(73)74-63-59-55-51-47-43-40-37-35-33-31-29-27-25-23-21-19-17-18-20-22-24-26-28-30-32-34-36-38-41-45-49-53-57-61-67(72)69-65(64-70)66(71)60-56-52-48-44-14-12-10-8-6-4-2/h9,11,15-16,56,60,65-66,70-71H,3-8,10,12-14,17-55,57-59,61-64H2,1-2H3,(H,69,72)/b11-9-,16-15-,60-56+. The van der Waals surface area contributed by atoms with E-state index in [-0.39, 0.29) is 18.5 Å². The van der Waals surface area contributed by atoms with Gasteiger partial charge in [0.2, 0.25) is 5.91 Å². The van der Waals surface area contributed by atoms with Gasteiger partial charge in [-0.1, -0.05) is 326 Å². The van der Waals surface area contributed by atoms with Crippen molar-refractivity contribution in [2.45, 2.75) is 373 Å². The molecule has 3 N–H and O–H groups in total. The van der Waals surface area contributed by atoms with Crippen molar-refractivity contribution in [2.24, 2.45) is 0 Å². The average molecular weight is 1040 g/mol. The van der Waals surface area contributed by atoms with E-state index >= 15 is 0 Å². The molecule has 0 saturated carbocycles. The topological polar surface area (TPSA) is 95.9 Å². The van der Waals surface area contributed by atoms with Crippen LogP contribution >= 0.6 is 0 Å². The minimum Gasteiger partial charge on any atom is -0.466 e. The van der Waals surface area contributed by atoms with Crippen LogP contribution in [0.15, 0.2) is 36.5 Å². The lowest BCUT2D eigenvalue weighted by atomic mass is 10.0. The summed E-state index contributed by atoms with van der Waals surface area (Å²) in [5.74, 6) is -0.0574. The van der Waals surface area contributed by atoms with Crippen molar-refractivity contribution in [1.29, 1.82) is 0 Å². The molecule has 6 nitrogen and oxygen atoms in total. The minimum atomic E-state index is -0.839. The quantitative estimate of drug-likeness (QED) is 0.0320. The smallest absolute Gasteiger partial charge is 0.305 e. The van der Waals surface area contributed by atoms with E-state index in [1.54, 1.807) is 6.08 Å². The van der Waals surface area contributed by atoms with E-state index in [0.29, 0.717) is 19.4 Å². The van der Waals surface area contributed by atoms with Crippen LogP contribution in [0.4, 0.5) is 0 Å². The fourth-order valence-corrected chi connectivity index (χ4v) is 10.3. The zero-order valence-corrected chi connectivity index (χ0v) is 49.8. The number of ether oxygens (including phenoxy) is 1. The van der Waals surface area contributed by atoms with Crippen LogP contribution in [0.2, 0.25) is 0 Å². The molecule has 0 aliphatic rings. The molecule has 0 fully saturated rings.